The van der Waals surface area contributed by atoms with Gasteiger partial charge in [-0.2, -0.15) is 0 Å². The van der Waals surface area contributed by atoms with Crippen molar-refractivity contribution in [2.24, 2.45) is 35.0 Å². The van der Waals surface area contributed by atoms with Crippen LogP contribution in [-0.2, 0) is 9.59 Å². The number of carbonyl (C=O) groups is 2. The molecule has 1 atom stereocenters. The van der Waals surface area contributed by atoms with E-state index in [1.54, 1.807) is 0 Å². The Bertz CT molecular complexity index is 527. The molecular formula is C22H36N2O2. The highest BCUT2D eigenvalue weighted by atomic mass is 16.2. The van der Waals surface area contributed by atoms with Crippen LogP contribution in [0.15, 0.2) is 0 Å². The first-order valence-corrected chi connectivity index (χ1v) is 11.0. The van der Waals surface area contributed by atoms with Gasteiger partial charge >= 0.3 is 0 Å². The third kappa shape index (κ3) is 3.29. The van der Waals surface area contributed by atoms with Crippen LogP contribution in [0.3, 0.4) is 0 Å². The number of hydrogen-bond donors (Lipinski definition) is 1. The largest absolute Gasteiger partial charge is 0.353 e. The molecule has 0 aromatic rings. The van der Waals surface area contributed by atoms with Gasteiger partial charge in [0.1, 0.15) is 0 Å². The Morgan fingerprint density at radius 1 is 0.923 bits per heavy atom. The molecule has 5 aliphatic rings. The predicted octanol–water partition coefficient (Wildman–Crippen LogP) is 3.60. The molecule has 4 nitrogen and oxygen atoms in total. The Hall–Kier alpha value is -1.06. The second-order valence-electron chi connectivity index (χ2n) is 10.3. The van der Waals surface area contributed by atoms with E-state index in [4.69, 9.17) is 0 Å². The van der Waals surface area contributed by atoms with Crippen molar-refractivity contribution in [3.05, 3.63) is 0 Å². The maximum Gasteiger partial charge on any atom is 0.225 e. The minimum Gasteiger partial charge on any atom is -0.353 e. The molecule has 5 fully saturated rings. The monoisotopic (exact) mass is 360 g/mol. The average Bonchev–Trinajstić information content (AvgIpc) is 2.60. The summed E-state index contributed by atoms with van der Waals surface area (Å²) in [6.45, 7) is 7.65. The Kier molecular flexibility index (Phi) is 4.81. The average molecular weight is 361 g/mol. The normalized spacial score (nSPS) is 37.8. The number of amides is 2. The van der Waals surface area contributed by atoms with Crippen LogP contribution in [-0.4, -0.2) is 35.8 Å². The van der Waals surface area contributed by atoms with E-state index in [0.29, 0.717) is 11.5 Å². The fourth-order valence-corrected chi connectivity index (χ4v) is 6.92. The van der Waals surface area contributed by atoms with Crippen LogP contribution in [0.4, 0.5) is 0 Å². The van der Waals surface area contributed by atoms with Gasteiger partial charge in [-0.15, -0.1) is 0 Å². The second kappa shape index (κ2) is 6.83. The van der Waals surface area contributed by atoms with Crippen molar-refractivity contribution < 1.29 is 9.59 Å². The summed E-state index contributed by atoms with van der Waals surface area (Å²) in [6, 6.07) is 0.304. The summed E-state index contributed by atoms with van der Waals surface area (Å²) in [4.78, 5) is 27.0. The fourth-order valence-electron chi connectivity index (χ4n) is 6.92. The third-order valence-corrected chi connectivity index (χ3v) is 8.03. The molecule has 1 unspecified atom stereocenters. The van der Waals surface area contributed by atoms with Gasteiger partial charge in [-0.3, -0.25) is 9.59 Å². The maximum absolute atomic E-state index is 12.9. The van der Waals surface area contributed by atoms with Crippen LogP contribution in [0.25, 0.3) is 0 Å². The summed E-state index contributed by atoms with van der Waals surface area (Å²) in [5.41, 5.74) is 0.374. The Balaban J connectivity index is 1.32. The lowest BCUT2D eigenvalue weighted by Crippen LogP contribution is -2.57. The first-order valence-electron chi connectivity index (χ1n) is 11.0. The summed E-state index contributed by atoms with van der Waals surface area (Å²) in [5.74, 6) is 3.37. The van der Waals surface area contributed by atoms with Gasteiger partial charge < -0.3 is 10.2 Å². The van der Waals surface area contributed by atoms with E-state index < -0.39 is 0 Å². The number of nitrogens with one attached hydrogen (secondary N) is 1. The zero-order valence-electron chi connectivity index (χ0n) is 16.8. The molecule has 4 saturated carbocycles. The minimum atomic E-state index is 0.0523. The van der Waals surface area contributed by atoms with Crippen molar-refractivity contribution in [2.45, 2.75) is 78.2 Å². The van der Waals surface area contributed by atoms with Crippen molar-refractivity contribution in [3.8, 4) is 0 Å². The van der Waals surface area contributed by atoms with Crippen LogP contribution in [0.2, 0.25) is 0 Å². The first-order chi connectivity index (χ1) is 12.4. The molecule has 4 bridgehead atoms. The number of carbonyl (C=O) groups excluding carboxylic acids is 2. The van der Waals surface area contributed by atoms with Crippen LogP contribution in [0.5, 0.6) is 0 Å². The second-order valence-corrected chi connectivity index (χ2v) is 10.3. The molecule has 0 radical (unpaired) electrons. The van der Waals surface area contributed by atoms with Gasteiger partial charge in [-0.05, 0) is 81.5 Å². The molecule has 0 spiro atoms. The van der Waals surface area contributed by atoms with E-state index in [9.17, 15) is 9.59 Å². The van der Waals surface area contributed by atoms with Gasteiger partial charge in [-0.1, -0.05) is 13.8 Å². The molecule has 2 amide bonds. The lowest BCUT2D eigenvalue weighted by atomic mass is 9.48. The summed E-state index contributed by atoms with van der Waals surface area (Å²) < 4.78 is 0. The summed E-state index contributed by atoms with van der Waals surface area (Å²) in [6.07, 6.45) is 9.98. The topological polar surface area (TPSA) is 49.4 Å². The first kappa shape index (κ1) is 18.3. The number of hydrogen-bond acceptors (Lipinski definition) is 2. The smallest absolute Gasteiger partial charge is 0.225 e. The lowest BCUT2D eigenvalue weighted by molar-refractivity contribution is -0.139. The molecule has 146 valence electrons. The molecule has 0 aromatic carbocycles. The number of nitrogens with zero attached hydrogens (tertiary/aromatic N) is 1. The van der Waals surface area contributed by atoms with Gasteiger partial charge in [0.2, 0.25) is 11.8 Å². The molecule has 0 aromatic heterocycles. The molecule has 4 aliphatic carbocycles. The highest BCUT2D eigenvalue weighted by Gasteiger charge is 2.53. The molecule has 1 saturated heterocycles. The van der Waals surface area contributed by atoms with Crippen molar-refractivity contribution in [1.82, 2.24) is 10.2 Å². The van der Waals surface area contributed by atoms with Crippen LogP contribution < -0.4 is 5.32 Å². The zero-order chi connectivity index (χ0) is 18.5. The van der Waals surface area contributed by atoms with Gasteiger partial charge in [0.05, 0.1) is 0 Å². The quantitative estimate of drug-likeness (QED) is 0.833. The minimum absolute atomic E-state index is 0.0523. The third-order valence-electron chi connectivity index (χ3n) is 8.03. The zero-order valence-corrected chi connectivity index (χ0v) is 16.8. The molecule has 5 rings (SSSR count). The maximum atomic E-state index is 12.9. The van der Waals surface area contributed by atoms with E-state index in [-0.39, 0.29) is 23.7 Å². The van der Waals surface area contributed by atoms with Gasteiger partial charge in [0.15, 0.2) is 0 Å². The van der Waals surface area contributed by atoms with E-state index >= 15 is 0 Å². The SMILES string of the molecule is CC(C)C(=O)N1CCC(C(=O)NC(C)C23CC4CC(CC(C4)C2)C3)CC1. The van der Waals surface area contributed by atoms with Crippen molar-refractivity contribution in [1.29, 1.82) is 0 Å². The van der Waals surface area contributed by atoms with Gasteiger partial charge in [0, 0.05) is 31.0 Å². The van der Waals surface area contributed by atoms with E-state index in [1.165, 1.54) is 38.5 Å². The summed E-state index contributed by atoms with van der Waals surface area (Å²) in [5, 5.41) is 3.43. The van der Waals surface area contributed by atoms with E-state index in [1.807, 2.05) is 18.7 Å². The van der Waals surface area contributed by atoms with E-state index in [0.717, 1.165) is 43.7 Å². The number of piperidine rings is 1. The molecule has 1 aliphatic heterocycles. The van der Waals surface area contributed by atoms with Gasteiger partial charge in [0.25, 0.3) is 0 Å². The Morgan fingerprint density at radius 3 is 1.88 bits per heavy atom. The fraction of sp³-hybridized carbons (Fsp3) is 0.909. The number of likely N-dealkylation sites (tertiary alicyclic amines) is 1. The highest BCUT2D eigenvalue weighted by molar-refractivity contribution is 5.81. The highest BCUT2D eigenvalue weighted by Crippen LogP contribution is 2.61. The molecule has 4 heteroatoms. The van der Waals surface area contributed by atoms with Crippen molar-refractivity contribution >= 4 is 11.8 Å². The predicted molar refractivity (Wildman–Crippen MR) is 102 cm³/mol. The van der Waals surface area contributed by atoms with Crippen LogP contribution in [0.1, 0.15) is 72.1 Å². The van der Waals surface area contributed by atoms with E-state index in [2.05, 4.69) is 12.2 Å². The molecule has 26 heavy (non-hydrogen) atoms. The Labute approximate surface area is 158 Å². The Morgan fingerprint density at radius 2 is 1.42 bits per heavy atom. The van der Waals surface area contributed by atoms with Crippen molar-refractivity contribution in [3.63, 3.8) is 0 Å². The lowest BCUT2D eigenvalue weighted by Gasteiger charge is -2.59. The summed E-state index contributed by atoms with van der Waals surface area (Å²) in [7, 11) is 0. The van der Waals surface area contributed by atoms with Crippen LogP contribution >= 0.6 is 0 Å². The van der Waals surface area contributed by atoms with Gasteiger partial charge in [-0.25, -0.2) is 0 Å². The summed E-state index contributed by atoms with van der Waals surface area (Å²) >= 11 is 0. The molecule has 1 heterocycles. The standard InChI is InChI=1S/C22H36N2O2/c1-14(2)21(26)24-6-4-19(5-7-24)20(25)23-15(3)22-11-16-8-17(12-22)10-18(9-16)13-22/h14-19H,4-13H2,1-3H3,(H,23,25). The molecular weight excluding hydrogens is 324 g/mol. The molecule has 1 N–H and O–H groups in total. The number of rotatable bonds is 4. The van der Waals surface area contributed by atoms with Crippen LogP contribution in [0, 0.1) is 35.0 Å². The van der Waals surface area contributed by atoms with Crippen molar-refractivity contribution in [2.75, 3.05) is 13.1 Å².